The summed E-state index contributed by atoms with van der Waals surface area (Å²) >= 11 is 0. The molecule has 1 amide bonds. The number of nitrogens with zero attached hydrogens (tertiary/aromatic N) is 1. The van der Waals surface area contributed by atoms with Crippen LogP contribution in [-0.2, 0) is 14.3 Å². The minimum atomic E-state index is -0.605. The molecule has 3 aromatic rings. The molecule has 0 radical (unpaired) electrons. The average Bonchev–Trinajstić information content (AvgIpc) is 2.80. The molecule has 3 rings (SSSR count). The lowest BCUT2D eigenvalue weighted by Crippen LogP contribution is -2.20. The number of hydrogen-bond acceptors (Lipinski definition) is 6. The number of carbonyl (C=O) groups is 2. The minimum Gasteiger partial charge on any atom is -0.494 e. The summed E-state index contributed by atoms with van der Waals surface area (Å²) in [7, 11) is 0. The number of esters is 1. The van der Waals surface area contributed by atoms with Crippen molar-refractivity contribution in [1.29, 1.82) is 0 Å². The number of benzene rings is 2. The van der Waals surface area contributed by atoms with Gasteiger partial charge in [-0.25, -0.2) is 4.79 Å². The molecule has 31 heavy (non-hydrogen) atoms. The standard InChI is InChI=1S/C24H22N2O5/c1-2-29-20-8-10-22(11-9-20)31-21-6-4-19(5-7-21)26-23(27)17-30-24(28)12-3-18-13-15-25-16-14-18/h3-16H,2,17H2,1H3,(H,26,27)/b12-3+. The van der Waals surface area contributed by atoms with Crippen molar-refractivity contribution in [3.8, 4) is 17.2 Å². The Morgan fingerprint density at radius 3 is 2.16 bits per heavy atom. The summed E-state index contributed by atoms with van der Waals surface area (Å²) in [5.74, 6) is 1.03. The second kappa shape index (κ2) is 11.2. The average molecular weight is 418 g/mol. The van der Waals surface area contributed by atoms with Crippen molar-refractivity contribution in [2.75, 3.05) is 18.5 Å². The zero-order valence-electron chi connectivity index (χ0n) is 17.0. The quantitative estimate of drug-likeness (QED) is 0.408. The highest BCUT2D eigenvalue weighted by atomic mass is 16.5. The second-order valence-corrected chi connectivity index (χ2v) is 6.30. The number of rotatable bonds is 9. The third-order valence-electron chi connectivity index (χ3n) is 3.97. The molecule has 1 aromatic heterocycles. The van der Waals surface area contributed by atoms with Crippen LogP contribution < -0.4 is 14.8 Å². The van der Waals surface area contributed by atoms with Gasteiger partial charge in [-0.2, -0.15) is 0 Å². The molecule has 0 saturated carbocycles. The predicted octanol–water partition coefficient (Wildman–Crippen LogP) is 4.47. The fourth-order valence-electron chi connectivity index (χ4n) is 2.53. The van der Waals surface area contributed by atoms with Crippen LogP contribution in [0.15, 0.2) is 79.1 Å². The number of ether oxygens (including phenoxy) is 3. The van der Waals surface area contributed by atoms with Gasteiger partial charge in [0.15, 0.2) is 6.61 Å². The third kappa shape index (κ3) is 7.32. The van der Waals surface area contributed by atoms with E-state index in [0.717, 1.165) is 11.3 Å². The van der Waals surface area contributed by atoms with Gasteiger partial charge in [0, 0.05) is 24.2 Å². The molecule has 0 spiro atoms. The highest BCUT2D eigenvalue weighted by Crippen LogP contribution is 2.25. The predicted molar refractivity (Wildman–Crippen MR) is 117 cm³/mol. The van der Waals surface area contributed by atoms with E-state index >= 15 is 0 Å². The second-order valence-electron chi connectivity index (χ2n) is 6.30. The molecule has 1 heterocycles. The van der Waals surface area contributed by atoms with Crippen LogP contribution in [0.5, 0.6) is 17.2 Å². The maximum atomic E-state index is 12.0. The molecule has 158 valence electrons. The van der Waals surface area contributed by atoms with Gasteiger partial charge in [0.2, 0.25) is 0 Å². The number of carbonyl (C=O) groups excluding carboxylic acids is 2. The van der Waals surface area contributed by atoms with E-state index in [2.05, 4.69) is 10.3 Å². The molecule has 0 saturated heterocycles. The van der Waals surface area contributed by atoms with Crippen molar-refractivity contribution in [1.82, 2.24) is 4.98 Å². The first kappa shape index (κ1) is 21.6. The van der Waals surface area contributed by atoms with Crippen LogP contribution in [0.3, 0.4) is 0 Å². The Bertz CT molecular complexity index is 1020. The van der Waals surface area contributed by atoms with Gasteiger partial charge in [-0.3, -0.25) is 9.78 Å². The number of amides is 1. The van der Waals surface area contributed by atoms with Crippen molar-refractivity contribution in [3.05, 3.63) is 84.7 Å². The van der Waals surface area contributed by atoms with Gasteiger partial charge in [-0.15, -0.1) is 0 Å². The van der Waals surface area contributed by atoms with Crippen LogP contribution >= 0.6 is 0 Å². The van der Waals surface area contributed by atoms with Crippen molar-refractivity contribution in [2.24, 2.45) is 0 Å². The van der Waals surface area contributed by atoms with Crippen LogP contribution in [0.2, 0.25) is 0 Å². The molecule has 0 aliphatic rings. The minimum absolute atomic E-state index is 0.385. The van der Waals surface area contributed by atoms with E-state index < -0.39 is 11.9 Å². The molecule has 7 heteroatoms. The van der Waals surface area contributed by atoms with Crippen molar-refractivity contribution >= 4 is 23.6 Å². The number of nitrogens with one attached hydrogen (secondary N) is 1. The Labute approximate surface area is 180 Å². The van der Waals surface area contributed by atoms with Gasteiger partial charge in [0.1, 0.15) is 17.2 Å². The summed E-state index contributed by atoms with van der Waals surface area (Å²) in [6.07, 6.45) is 6.08. The summed E-state index contributed by atoms with van der Waals surface area (Å²) in [5.41, 5.74) is 1.37. The lowest BCUT2D eigenvalue weighted by Gasteiger charge is -2.09. The van der Waals surface area contributed by atoms with Crippen molar-refractivity contribution in [2.45, 2.75) is 6.92 Å². The summed E-state index contributed by atoms with van der Waals surface area (Å²) in [6.45, 7) is 2.15. The first-order chi connectivity index (χ1) is 15.1. The van der Waals surface area contributed by atoms with E-state index in [1.807, 2.05) is 31.2 Å². The van der Waals surface area contributed by atoms with E-state index in [1.165, 1.54) is 6.08 Å². The molecule has 0 atom stereocenters. The normalized spacial score (nSPS) is 10.5. The molecule has 0 unspecified atom stereocenters. The molecular formula is C24H22N2O5. The van der Waals surface area contributed by atoms with Gasteiger partial charge in [0.25, 0.3) is 5.91 Å². The maximum absolute atomic E-state index is 12.0. The first-order valence-corrected chi connectivity index (χ1v) is 9.68. The topological polar surface area (TPSA) is 86.8 Å². The molecule has 7 nitrogen and oxygen atoms in total. The SMILES string of the molecule is CCOc1ccc(Oc2ccc(NC(=O)COC(=O)/C=C/c3ccncc3)cc2)cc1. The molecular weight excluding hydrogens is 396 g/mol. The maximum Gasteiger partial charge on any atom is 0.331 e. The lowest BCUT2D eigenvalue weighted by atomic mass is 10.2. The summed E-state index contributed by atoms with van der Waals surface area (Å²) in [4.78, 5) is 27.6. The zero-order chi connectivity index (χ0) is 21.9. The van der Waals surface area contributed by atoms with Gasteiger partial charge < -0.3 is 19.5 Å². The monoisotopic (exact) mass is 418 g/mol. The molecule has 0 aliphatic heterocycles. The van der Waals surface area contributed by atoms with Gasteiger partial charge in [0.05, 0.1) is 6.61 Å². The Kier molecular flexibility index (Phi) is 7.77. The van der Waals surface area contributed by atoms with Crippen molar-refractivity contribution in [3.63, 3.8) is 0 Å². The highest BCUT2D eigenvalue weighted by Gasteiger charge is 2.06. The van der Waals surface area contributed by atoms with E-state index in [4.69, 9.17) is 14.2 Å². The Hall–Kier alpha value is -4.13. The molecule has 0 fully saturated rings. The van der Waals surface area contributed by atoms with Crippen LogP contribution in [-0.4, -0.2) is 30.1 Å². The van der Waals surface area contributed by atoms with Crippen LogP contribution in [0.25, 0.3) is 6.08 Å². The summed E-state index contributed by atoms with van der Waals surface area (Å²) in [5, 5.41) is 2.66. The highest BCUT2D eigenvalue weighted by molar-refractivity contribution is 5.94. The molecule has 1 N–H and O–H groups in total. The molecule has 0 aliphatic carbocycles. The van der Waals surface area contributed by atoms with Crippen LogP contribution in [0.1, 0.15) is 12.5 Å². The van der Waals surface area contributed by atoms with Crippen LogP contribution in [0.4, 0.5) is 5.69 Å². The fourth-order valence-corrected chi connectivity index (χ4v) is 2.53. The van der Waals surface area contributed by atoms with E-state index in [1.54, 1.807) is 54.9 Å². The fraction of sp³-hybridized carbons (Fsp3) is 0.125. The zero-order valence-corrected chi connectivity index (χ0v) is 17.0. The largest absolute Gasteiger partial charge is 0.494 e. The Balaban J connectivity index is 1.44. The smallest absolute Gasteiger partial charge is 0.331 e. The third-order valence-corrected chi connectivity index (χ3v) is 3.97. The number of pyridine rings is 1. The van der Waals surface area contributed by atoms with E-state index in [9.17, 15) is 9.59 Å². The van der Waals surface area contributed by atoms with Gasteiger partial charge in [-0.1, -0.05) is 0 Å². The van der Waals surface area contributed by atoms with E-state index in [0.29, 0.717) is 23.8 Å². The number of hydrogen-bond donors (Lipinski definition) is 1. The number of anilines is 1. The van der Waals surface area contributed by atoms with Gasteiger partial charge in [-0.05, 0) is 79.2 Å². The summed E-state index contributed by atoms with van der Waals surface area (Å²) < 4.78 is 16.1. The summed E-state index contributed by atoms with van der Waals surface area (Å²) in [6, 6.07) is 17.7. The molecule has 0 bridgehead atoms. The number of aromatic nitrogens is 1. The van der Waals surface area contributed by atoms with Crippen molar-refractivity contribution < 1.29 is 23.8 Å². The van der Waals surface area contributed by atoms with E-state index in [-0.39, 0.29) is 6.61 Å². The van der Waals surface area contributed by atoms with Gasteiger partial charge >= 0.3 is 5.97 Å². The first-order valence-electron chi connectivity index (χ1n) is 9.68. The molecule has 2 aromatic carbocycles. The Morgan fingerprint density at radius 1 is 0.903 bits per heavy atom. The lowest BCUT2D eigenvalue weighted by molar-refractivity contribution is -0.142. The Morgan fingerprint density at radius 2 is 1.52 bits per heavy atom. The van der Waals surface area contributed by atoms with Crippen LogP contribution in [0, 0.1) is 0 Å².